The van der Waals surface area contributed by atoms with Gasteiger partial charge in [-0.05, 0) is 31.0 Å². The van der Waals surface area contributed by atoms with E-state index >= 15 is 0 Å². The minimum atomic E-state index is 0.628. The first-order chi connectivity index (χ1) is 9.78. The number of fused-ring (bicyclic) bond motifs is 1. The van der Waals surface area contributed by atoms with E-state index in [1.54, 1.807) is 0 Å². The van der Waals surface area contributed by atoms with Gasteiger partial charge in [-0.1, -0.05) is 25.1 Å². The van der Waals surface area contributed by atoms with Crippen LogP contribution >= 0.6 is 0 Å². The Balaban J connectivity index is 1.93. The van der Waals surface area contributed by atoms with Gasteiger partial charge < -0.3 is 10.2 Å². The highest BCUT2D eigenvalue weighted by Crippen LogP contribution is 2.33. The minimum Gasteiger partial charge on any atom is -0.325 e. The normalized spacial score (nSPS) is 17.9. The molecule has 2 heterocycles. The molecule has 1 N–H and O–H groups in total. The second kappa shape index (κ2) is 5.59. The topological polar surface area (TPSA) is 41.1 Å². The Morgan fingerprint density at radius 1 is 1.25 bits per heavy atom. The summed E-state index contributed by atoms with van der Waals surface area (Å²) in [6.45, 7) is 4.03. The predicted molar refractivity (Wildman–Crippen MR) is 81.1 cm³/mol. The van der Waals surface area contributed by atoms with Crippen molar-refractivity contribution in [1.82, 2.24) is 15.3 Å². The average Bonchev–Trinajstić information content (AvgIpc) is 2.47. The molecule has 4 heteroatoms. The summed E-state index contributed by atoms with van der Waals surface area (Å²) in [5.74, 6) is 1.56. The first-order valence-electron chi connectivity index (χ1n) is 7.09. The number of rotatable bonds is 3. The number of anilines is 2. The molecule has 0 saturated carbocycles. The van der Waals surface area contributed by atoms with Crippen LogP contribution in [0.3, 0.4) is 0 Å². The molecule has 1 aliphatic heterocycles. The van der Waals surface area contributed by atoms with Crippen LogP contribution in [-0.2, 0) is 13.0 Å². The summed E-state index contributed by atoms with van der Waals surface area (Å²) in [5.41, 5.74) is 3.63. The second-order valence-corrected chi connectivity index (χ2v) is 5.44. The summed E-state index contributed by atoms with van der Waals surface area (Å²) in [6, 6.07) is 8.58. The fourth-order valence-corrected chi connectivity index (χ4v) is 2.77. The quantitative estimate of drug-likeness (QED) is 0.928. The Hall–Kier alpha value is -1.94. The van der Waals surface area contributed by atoms with Gasteiger partial charge in [0.25, 0.3) is 0 Å². The van der Waals surface area contributed by atoms with Crippen LogP contribution in [0.2, 0.25) is 0 Å². The van der Waals surface area contributed by atoms with E-state index in [9.17, 15) is 0 Å². The first-order valence-corrected chi connectivity index (χ1v) is 7.09. The van der Waals surface area contributed by atoms with Crippen molar-refractivity contribution in [2.24, 2.45) is 5.92 Å². The van der Waals surface area contributed by atoms with E-state index in [1.165, 1.54) is 11.3 Å². The molecule has 1 atom stereocenters. The van der Waals surface area contributed by atoms with E-state index in [0.717, 1.165) is 31.0 Å². The van der Waals surface area contributed by atoms with Gasteiger partial charge >= 0.3 is 0 Å². The van der Waals surface area contributed by atoms with Crippen LogP contribution in [-0.4, -0.2) is 23.6 Å². The van der Waals surface area contributed by atoms with Crippen LogP contribution in [0.15, 0.2) is 36.7 Å². The van der Waals surface area contributed by atoms with Crippen LogP contribution in [0.25, 0.3) is 0 Å². The molecule has 2 aromatic rings. The van der Waals surface area contributed by atoms with Gasteiger partial charge in [-0.25, -0.2) is 4.98 Å². The first kappa shape index (κ1) is 13.1. The third kappa shape index (κ3) is 2.51. The average molecular weight is 268 g/mol. The van der Waals surface area contributed by atoms with Crippen molar-refractivity contribution in [1.29, 1.82) is 0 Å². The summed E-state index contributed by atoms with van der Waals surface area (Å²) in [4.78, 5) is 11.3. The van der Waals surface area contributed by atoms with Gasteiger partial charge in [0.2, 0.25) is 0 Å². The summed E-state index contributed by atoms with van der Waals surface area (Å²) in [6.07, 6.45) is 4.87. The van der Waals surface area contributed by atoms with Crippen molar-refractivity contribution in [2.45, 2.75) is 19.9 Å². The van der Waals surface area contributed by atoms with E-state index in [-0.39, 0.29) is 0 Å². The van der Waals surface area contributed by atoms with Crippen LogP contribution in [0.1, 0.15) is 18.2 Å². The zero-order valence-corrected chi connectivity index (χ0v) is 12.0. The molecule has 0 aliphatic carbocycles. The van der Waals surface area contributed by atoms with Crippen LogP contribution < -0.4 is 10.2 Å². The van der Waals surface area contributed by atoms with Crippen LogP contribution in [0, 0.1) is 5.92 Å². The van der Waals surface area contributed by atoms with E-state index in [1.807, 2.05) is 19.4 Å². The summed E-state index contributed by atoms with van der Waals surface area (Å²) in [5, 5.41) is 3.09. The van der Waals surface area contributed by atoms with Gasteiger partial charge in [0.1, 0.15) is 0 Å². The molecule has 0 bridgehead atoms. The number of hydrogen-bond acceptors (Lipinski definition) is 4. The van der Waals surface area contributed by atoms with E-state index in [4.69, 9.17) is 0 Å². The molecule has 0 amide bonds. The molecule has 1 aromatic carbocycles. The molecule has 0 saturated heterocycles. The monoisotopic (exact) mass is 268 g/mol. The number of nitrogens with zero attached hydrogens (tertiary/aromatic N) is 3. The highest BCUT2D eigenvalue weighted by atomic mass is 15.2. The smallest absolute Gasteiger partial charge is 0.151 e. The fraction of sp³-hybridized carbons (Fsp3) is 0.375. The van der Waals surface area contributed by atoms with E-state index in [2.05, 4.69) is 51.4 Å². The van der Waals surface area contributed by atoms with E-state index in [0.29, 0.717) is 5.92 Å². The maximum atomic E-state index is 4.58. The summed E-state index contributed by atoms with van der Waals surface area (Å²) >= 11 is 0. The second-order valence-electron chi connectivity index (χ2n) is 5.44. The predicted octanol–water partition coefficient (Wildman–Crippen LogP) is 2.53. The van der Waals surface area contributed by atoms with Crippen LogP contribution in [0.5, 0.6) is 0 Å². The largest absolute Gasteiger partial charge is 0.325 e. The lowest BCUT2D eigenvalue weighted by atomic mass is 9.94. The van der Waals surface area contributed by atoms with Gasteiger partial charge in [0.05, 0.1) is 18.1 Å². The van der Waals surface area contributed by atoms with Crippen molar-refractivity contribution in [3.63, 3.8) is 0 Å². The Kier molecular flexibility index (Phi) is 3.65. The van der Waals surface area contributed by atoms with Gasteiger partial charge in [0, 0.05) is 18.8 Å². The molecule has 20 heavy (non-hydrogen) atoms. The molecule has 4 nitrogen and oxygen atoms in total. The lowest BCUT2D eigenvalue weighted by molar-refractivity contribution is 0.559. The molecule has 1 unspecified atom stereocenters. The Bertz CT molecular complexity index is 579. The number of nitrogens with one attached hydrogen (secondary N) is 1. The molecule has 104 valence electrons. The molecule has 3 rings (SSSR count). The zero-order valence-electron chi connectivity index (χ0n) is 12.0. The molecule has 0 radical (unpaired) electrons. The minimum absolute atomic E-state index is 0.628. The molecule has 0 spiro atoms. The number of para-hydroxylation sites is 1. The van der Waals surface area contributed by atoms with Gasteiger partial charge in [0.15, 0.2) is 5.82 Å². The fourth-order valence-electron chi connectivity index (χ4n) is 2.77. The standard InChI is InChI=1S/C16H20N4/c1-12-7-13-5-3-4-6-15(13)20(11-12)16-10-18-14(8-17-2)9-19-16/h3-6,9-10,12,17H,7-8,11H2,1-2H3. The van der Waals surface area contributed by atoms with Crippen molar-refractivity contribution in [3.8, 4) is 0 Å². The van der Waals surface area contributed by atoms with Crippen LogP contribution in [0.4, 0.5) is 11.5 Å². The van der Waals surface area contributed by atoms with Gasteiger partial charge in [-0.2, -0.15) is 0 Å². The Labute approximate surface area is 119 Å². The van der Waals surface area contributed by atoms with Gasteiger partial charge in [-0.3, -0.25) is 4.98 Å². The van der Waals surface area contributed by atoms with Gasteiger partial charge in [-0.15, -0.1) is 0 Å². The van der Waals surface area contributed by atoms with Crippen molar-refractivity contribution in [3.05, 3.63) is 47.9 Å². The maximum absolute atomic E-state index is 4.58. The number of aromatic nitrogens is 2. The highest BCUT2D eigenvalue weighted by molar-refractivity contribution is 5.65. The third-order valence-corrected chi connectivity index (χ3v) is 3.67. The number of benzene rings is 1. The maximum Gasteiger partial charge on any atom is 0.151 e. The van der Waals surface area contributed by atoms with Crippen molar-refractivity contribution >= 4 is 11.5 Å². The molecular formula is C16H20N4. The summed E-state index contributed by atoms with van der Waals surface area (Å²) < 4.78 is 0. The van der Waals surface area contributed by atoms with E-state index < -0.39 is 0 Å². The molecular weight excluding hydrogens is 248 g/mol. The lowest BCUT2D eigenvalue weighted by Crippen LogP contribution is -2.31. The zero-order chi connectivity index (χ0) is 13.9. The van der Waals surface area contributed by atoms with Crippen molar-refractivity contribution < 1.29 is 0 Å². The molecule has 1 aromatic heterocycles. The Morgan fingerprint density at radius 2 is 2.10 bits per heavy atom. The Morgan fingerprint density at radius 3 is 2.85 bits per heavy atom. The molecule has 0 fully saturated rings. The highest BCUT2D eigenvalue weighted by Gasteiger charge is 2.23. The summed E-state index contributed by atoms with van der Waals surface area (Å²) in [7, 11) is 1.91. The number of hydrogen-bond donors (Lipinski definition) is 1. The SMILES string of the molecule is CNCc1cnc(N2CC(C)Cc3ccccc32)cn1. The van der Waals surface area contributed by atoms with Crippen molar-refractivity contribution in [2.75, 3.05) is 18.5 Å². The lowest BCUT2D eigenvalue weighted by Gasteiger charge is -2.33. The molecule has 1 aliphatic rings. The third-order valence-electron chi connectivity index (χ3n) is 3.67.